The van der Waals surface area contributed by atoms with Crippen molar-refractivity contribution in [3.63, 3.8) is 0 Å². The van der Waals surface area contributed by atoms with Crippen molar-refractivity contribution in [3.05, 3.63) is 23.8 Å². The lowest BCUT2D eigenvalue weighted by molar-refractivity contribution is -0.124. The van der Waals surface area contributed by atoms with Crippen LogP contribution in [0.3, 0.4) is 0 Å². The molecule has 0 aliphatic rings. The van der Waals surface area contributed by atoms with E-state index in [1.807, 2.05) is 19.9 Å². The zero-order valence-electron chi connectivity index (χ0n) is 8.99. The Morgan fingerprint density at radius 3 is 2.73 bits per heavy atom. The fraction of sp³-hybridized carbons (Fsp3) is 0.364. The lowest BCUT2D eigenvalue weighted by Gasteiger charge is -2.16. The Labute approximate surface area is 89.2 Å². The van der Waals surface area contributed by atoms with Crippen molar-refractivity contribution >= 4 is 11.6 Å². The second kappa shape index (κ2) is 4.68. The highest BCUT2D eigenvalue weighted by atomic mass is 16.5. The molecule has 0 saturated heterocycles. The van der Waals surface area contributed by atoms with Crippen LogP contribution >= 0.6 is 0 Å². The number of ether oxygens (including phenoxy) is 1. The summed E-state index contributed by atoms with van der Waals surface area (Å²) in [7, 11) is 0. The summed E-state index contributed by atoms with van der Waals surface area (Å²) in [4.78, 5) is 11.0. The van der Waals surface area contributed by atoms with E-state index in [1.165, 1.54) is 0 Å². The van der Waals surface area contributed by atoms with Crippen molar-refractivity contribution in [1.82, 2.24) is 0 Å². The Hall–Kier alpha value is -1.71. The third-order valence-corrected chi connectivity index (χ3v) is 2.17. The van der Waals surface area contributed by atoms with Crippen LogP contribution in [0.15, 0.2) is 18.2 Å². The van der Waals surface area contributed by atoms with Gasteiger partial charge in [-0.3, -0.25) is 4.79 Å². The number of nitrogen functional groups attached to an aromatic ring is 1. The van der Waals surface area contributed by atoms with E-state index in [9.17, 15) is 4.79 Å². The molecule has 1 aromatic carbocycles. The Morgan fingerprint density at radius 1 is 1.53 bits per heavy atom. The van der Waals surface area contributed by atoms with Crippen LogP contribution in [-0.4, -0.2) is 12.0 Å². The second-order valence-corrected chi connectivity index (χ2v) is 3.44. The van der Waals surface area contributed by atoms with Crippen molar-refractivity contribution in [2.45, 2.75) is 26.4 Å². The van der Waals surface area contributed by atoms with Gasteiger partial charge in [0, 0.05) is 11.8 Å². The van der Waals surface area contributed by atoms with E-state index in [0.717, 1.165) is 5.56 Å². The summed E-state index contributed by atoms with van der Waals surface area (Å²) in [5.74, 6) is 0.153. The predicted octanol–water partition coefficient (Wildman–Crippen LogP) is 1.22. The van der Waals surface area contributed by atoms with Gasteiger partial charge < -0.3 is 16.2 Å². The third kappa shape index (κ3) is 2.87. The van der Waals surface area contributed by atoms with Gasteiger partial charge in [-0.25, -0.2) is 0 Å². The zero-order valence-corrected chi connectivity index (χ0v) is 8.99. The number of hydrogen-bond acceptors (Lipinski definition) is 3. The normalized spacial score (nSPS) is 12.1. The van der Waals surface area contributed by atoms with Gasteiger partial charge in [0.25, 0.3) is 5.91 Å². The highest BCUT2D eigenvalue weighted by molar-refractivity contribution is 5.79. The number of primary amides is 1. The van der Waals surface area contributed by atoms with E-state index in [-0.39, 0.29) is 0 Å². The zero-order chi connectivity index (χ0) is 11.4. The minimum Gasteiger partial charge on any atom is -0.480 e. The van der Waals surface area contributed by atoms with E-state index in [1.54, 1.807) is 12.1 Å². The lowest BCUT2D eigenvalue weighted by Crippen LogP contribution is -2.33. The number of carbonyl (C=O) groups excluding carboxylic acids is 1. The van der Waals surface area contributed by atoms with Crippen LogP contribution in [-0.2, 0) is 4.79 Å². The summed E-state index contributed by atoms with van der Waals surface area (Å²) in [6.07, 6.45) is -0.0469. The van der Waals surface area contributed by atoms with Gasteiger partial charge in [-0.1, -0.05) is 13.0 Å². The lowest BCUT2D eigenvalue weighted by atomic mass is 10.2. The Balaban J connectivity index is 2.87. The number of amides is 1. The van der Waals surface area contributed by atoms with Crippen molar-refractivity contribution in [3.8, 4) is 5.75 Å². The van der Waals surface area contributed by atoms with Gasteiger partial charge in [0.2, 0.25) is 0 Å². The highest BCUT2D eigenvalue weighted by Gasteiger charge is 2.15. The van der Waals surface area contributed by atoms with Crippen LogP contribution in [0.5, 0.6) is 5.75 Å². The molecule has 1 amide bonds. The minimum absolute atomic E-state index is 0.459. The summed E-state index contributed by atoms with van der Waals surface area (Å²) >= 11 is 0. The molecule has 0 spiro atoms. The van der Waals surface area contributed by atoms with E-state index in [0.29, 0.717) is 17.9 Å². The molecule has 0 saturated carbocycles. The molecule has 4 nitrogen and oxygen atoms in total. The maximum atomic E-state index is 11.0. The van der Waals surface area contributed by atoms with Gasteiger partial charge in [0.15, 0.2) is 6.10 Å². The molecule has 0 bridgehead atoms. The van der Waals surface area contributed by atoms with Crippen molar-refractivity contribution < 1.29 is 9.53 Å². The topological polar surface area (TPSA) is 78.3 Å². The summed E-state index contributed by atoms with van der Waals surface area (Å²) in [6, 6.07) is 5.33. The average Bonchev–Trinajstić information content (AvgIpc) is 2.18. The Morgan fingerprint density at radius 2 is 2.20 bits per heavy atom. The first-order valence-corrected chi connectivity index (χ1v) is 4.86. The molecular formula is C11H16N2O2. The molecular weight excluding hydrogens is 192 g/mol. The fourth-order valence-corrected chi connectivity index (χ4v) is 1.24. The number of carbonyl (C=O) groups is 1. The monoisotopic (exact) mass is 208 g/mol. The molecule has 0 aliphatic carbocycles. The van der Waals surface area contributed by atoms with Gasteiger partial charge in [0.05, 0.1) is 0 Å². The Kier molecular flexibility index (Phi) is 3.55. The number of nitrogens with two attached hydrogens (primary N) is 2. The summed E-state index contributed by atoms with van der Waals surface area (Å²) in [6.45, 7) is 3.74. The summed E-state index contributed by atoms with van der Waals surface area (Å²) in [5.41, 5.74) is 12.4. The van der Waals surface area contributed by atoms with E-state index < -0.39 is 12.0 Å². The first-order valence-electron chi connectivity index (χ1n) is 4.86. The maximum absolute atomic E-state index is 11.0. The molecule has 0 aromatic heterocycles. The van der Waals surface area contributed by atoms with Crippen LogP contribution in [0.1, 0.15) is 18.9 Å². The minimum atomic E-state index is -0.592. The highest BCUT2D eigenvalue weighted by Crippen LogP contribution is 2.22. The van der Waals surface area contributed by atoms with Gasteiger partial charge >= 0.3 is 0 Å². The maximum Gasteiger partial charge on any atom is 0.258 e. The number of rotatable bonds is 4. The van der Waals surface area contributed by atoms with Gasteiger partial charge in [-0.2, -0.15) is 0 Å². The molecule has 4 heteroatoms. The fourth-order valence-electron chi connectivity index (χ4n) is 1.24. The average molecular weight is 208 g/mol. The molecule has 4 N–H and O–H groups in total. The number of benzene rings is 1. The smallest absolute Gasteiger partial charge is 0.258 e. The van der Waals surface area contributed by atoms with Crippen LogP contribution < -0.4 is 16.2 Å². The molecule has 1 unspecified atom stereocenters. The third-order valence-electron chi connectivity index (χ3n) is 2.17. The molecule has 1 aromatic rings. The van der Waals surface area contributed by atoms with Gasteiger partial charge in [0.1, 0.15) is 5.75 Å². The predicted molar refractivity (Wildman–Crippen MR) is 59.5 cm³/mol. The van der Waals surface area contributed by atoms with Gasteiger partial charge in [-0.05, 0) is 25.0 Å². The SMILES string of the molecule is CCC(Oc1cc(N)ccc1C)C(N)=O. The van der Waals surface area contributed by atoms with E-state index in [4.69, 9.17) is 16.2 Å². The van der Waals surface area contributed by atoms with Gasteiger partial charge in [-0.15, -0.1) is 0 Å². The van der Waals surface area contributed by atoms with Crippen molar-refractivity contribution in [1.29, 1.82) is 0 Å². The molecule has 0 aliphatic heterocycles. The first kappa shape index (κ1) is 11.4. The largest absolute Gasteiger partial charge is 0.480 e. The van der Waals surface area contributed by atoms with Crippen molar-refractivity contribution in [2.24, 2.45) is 5.73 Å². The molecule has 82 valence electrons. The molecule has 15 heavy (non-hydrogen) atoms. The molecule has 0 fully saturated rings. The standard InChI is InChI=1S/C11H16N2O2/c1-3-9(11(13)14)15-10-6-8(12)5-4-7(10)2/h4-6,9H,3,12H2,1-2H3,(H2,13,14). The van der Waals surface area contributed by atoms with Crippen LogP contribution in [0.4, 0.5) is 5.69 Å². The van der Waals surface area contributed by atoms with E-state index >= 15 is 0 Å². The Bertz CT molecular complexity index is 364. The second-order valence-electron chi connectivity index (χ2n) is 3.44. The first-order chi connectivity index (χ1) is 7.04. The molecule has 0 heterocycles. The number of anilines is 1. The van der Waals surface area contributed by atoms with Crippen LogP contribution in [0.2, 0.25) is 0 Å². The van der Waals surface area contributed by atoms with E-state index in [2.05, 4.69) is 0 Å². The summed E-state index contributed by atoms with van der Waals surface area (Å²) in [5, 5.41) is 0. The molecule has 1 rings (SSSR count). The summed E-state index contributed by atoms with van der Waals surface area (Å²) < 4.78 is 5.48. The quantitative estimate of drug-likeness (QED) is 0.730. The molecule has 1 atom stereocenters. The van der Waals surface area contributed by atoms with Crippen molar-refractivity contribution in [2.75, 3.05) is 5.73 Å². The van der Waals surface area contributed by atoms with Crippen LogP contribution in [0, 0.1) is 6.92 Å². The number of hydrogen-bond donors (Lipinski definition) is 2. The molecule has 0 radical (unpaired) electrons. The van der Waals surface area contributed by atoms with Crippen LogP contribution in [0.25, 0.3) is 0 Å². The number of aryl methyl sites for hydroxylation is 1.